The first-order valence-electron chi connectivity index (χ1n) is 11.7. The molecule has 0 fully saturated rings. The number of fused-ring (bicyclic) bond motifs is 1. The fourth-order valence-electron chi connectivity index (χ4n) is 4.15. The zero-order chi connectivity index (χ0) is 26.5. The molecule has 1 aliphatic heterocycles. The zero-order valence-corrected chi connectivity index (χ0v) is 21.4. The molecule has 0 saturated heterocycles. The van der Waals surface area contributed by atoms with Crippen molar-refractivity contribution in [3.05, 3.63) is 94.3 Å². The summed E-state index contributed by atoms with van der Waals surface area (Å²) in [6.45, 7) is 4.39. The molecule has 2 heterocycles. The average molecular weight is 521 g/mol. The fourth-order valence-corrected chi connectivity index (χ4v) is 5.07. The number of nitrogens with one attached hydrogen (secondary N) is 3. The van der Waals surface area contributed by atoms with Gasteiger partial charge < -0.3 is 26.4 Å². The number of nitrogens with zero attached hydrogens (tertiary/aromatic N) is 1. The molecule has 1 aliphatic rings. The number of amides is 2. The van der Waals surface area contributed by atoms with E-state index < -0.39 is 0 Å². The van der Waals surface area contributed by atoms with Crippen molar-refractivity contribution in [2.75, 3.05) is 18.4 Å². The summed E-state index contributed by atoms with van der Waals surface area (Å²) < 4.78 is 14.0. The van der Waals surface area contributed by atoms with Crippen LogP contribution in [0.15, 0.2) is 59.8 Å². The SMILES string of the molecule is Cc1[nH]c(/C=C2\C(=O)Nc3ccc(SCc4ccccc4F)cc32)c(C)c1C(=O)NCCN(N)/C=C\N. The molecule has 10 heteroatoms. The van der Waals surface area contributed by atoms with E-state index in [-0.39, 0.29) is 17.6 Å². The van der Waals surface area contributed by atoms with Crippen LogP contribution in [0, 0.1) is 19.7 Å². The van der Waals surface area contributed by atoms with Crippen LogP contribution in [-0.2, 0) is 10.5 Å². The molecule has 192 valence electrons. The molecule has 0 saturated carbocycles. The summed E-state index contributed by atoms with van der Waals surface area (Å²) in [6.07, 6.45) is 4.60. The Kier molecular flexibility index (Phi) is 8.00. The van der Waals surface area contributed by atoms with Gasteiger partial charge in [-0.05, 0) is 55.3 Å². The van der Waals surface area contributed by atoms with E-state index in [1.54, 1.807) is 18.2 Å². The zero-order valence-electron chi connectivity index (χ0n) is 20.6. The number of benzene rings is 2. The number of rotatable bonds is 9. The maximum Gasteiger partial charge on any atom is 0.256 e. The summed E-state index contributed by atoms with van der Waals surface area (Å²) in [5.41, 5.74) is 10.5. The van der Waals surface area contributed by atoms with Crippen LogP contribution in [0.4, 0.5) is 10.1 Å². The number of anilines is 1. The molecule has 4 rings (SSSR count). The van der Waals surface area contributed by atoms with E-state index >= 15 is 0 Å². The van der Waals surface area contributed by atoms with Gasteiger partial charge in [0.1, 0.15) is 5.82 Å². The van der Waals surface area contributed by atoms with E-state index in [9.17, 15) is 14.0 Å². The smallest absolute Gasteiger partial charge is 0.256 e. The Morgan fingerprint density at radius 2 is 2.00 bits per heavy atom. The summed E-state index contributed by atoms with van der Waals surface area (Å²) >= 11 is 1.50. The lowest BCUT2D eigenvalue weighted by Crippen LogP contribution is -2.36. The predicted molar refractivity (Wildman–Crippen MR) is 146 cm³/mol. The molecule has 7 N–H and O–H groups in total. The van der Waals surface area contributed by atoms with Crippen molar-refractivity contribution in [3.63, 3.8) is 0 Å². The van der Waals surface area contributed by atoms with Gasteiger partial charge in [0.15, 0.2) is 0 Å². The number of halogens is 1. The van der Waals surface area contributed by atoms with E-state index in [1.807, 2.05) is 38.1 Å². The van der Waals surface area contributed by atoms with Crippen molar-refractivity contribution < 1.29 is 14.0 Å². The van der Waals surface area contributed by atoms with Crippen LogP contribution >= 0.6 is 11.8 Å². The van der Waals surface area contributed by atoms with Gasteiger partial charge in [-0.2, -0.15) is 0 Å². The molecular formula is C27H29FN6O2S. The van der Waals surface area contributed by atoms with Gasteiger partial charge in [0.25, 0.3) is 11.8 Å². The molecule has 3 aromatic rings. The Morgan fingerprint density at radius 1 is 1.22 bits per heavy atom. The van der Waals surface area contributed by atoms with Crippen LogP contribution in [0.3, 0.4) is 0 Å². The van der Waals surface area contributed by atoms with Gasteiger partial charge >= 0.3 is 0 Å². The summed E-state index contributed by atoms with van der Waals surface area (Å²) in [5.74, 6) is 5.51. The van der Waals surface area contributed by atoms with Crippen molar-refractivity contribution in [2.24, 2.45) is 11.6 Å². The van der Waals surface area contributed by atoms with E-state index in [0.29, 0.717) is 52.6 Å². The second kappa shape index (κ2) is 11.4. The van der Waals surface area contributed by atoms with Gasteiger partial charge in [-0.1, -0.05) is 18.2 Å². The maximum absolute atomic E-state index is 14.0. The minimum Gasteiger partial charge on any atom is -0.403 e. The first-order valence-corrected chi connectivity index (χ1v) is 12.7. The number of thioether (sulfide) groups is 1. The molecular weight excluding hydrogens is 491 g/mol. The van der Waals surface area contributed by atoms with Crippen molar-refractivity contribution in [2.45, 2.75) is 24.5 Å². The molecule has 0 radical (unpaired) electrons. The number of carbonyl (C=O) groups excluding carboxylic acids is 2. The second-order valence-electron chi connectivity index (χ2n) is 8.60. The summed E-state index contributed by atoms with van der Waals surface area (Å²) in [4.78, 5) is 29.8. The highest BCUT2D eigenvalue weighted by Crippen LogP contribution is 2.37. The number of hydrazine groups is 1. The summed E-state index contributed by atoms with van der Waals surface area (Å²) in [6, 6.07) is 12.4. The topological polar surface area (TPSA) is 129 Å². The van der Waals surface area contributed by atoms with Crippen LogP contribution in [0.5, 0.6) is 0 Å². The maximum atomic E-state index is 14.0. The number of H-pyrrole nitrogens is 1. The van der Waals surface area contributed by atoms with Gasteiger partial charge in [-0.3, -0.25) is 9.59 Å². The van der Waals surface area contributed by atoms with Gasteiger partial charge in [-0.15, -0.1) is 11.8 Å². The second-order valence-corrected chi connectivity index (χ2v) is 9.65. The van der Waals surface area contributed by atoms with E-state index in [1.165, 1.54) is 35.2 Å². The van der Waals surface area contributed by atoms with Crippen LogP contribution in [0.2, 0.25) is 0 Å². The van der Waals surface area contributed by atoms with Gasteiger partial charge in [0.05, 0.1) is 17.7 Å². The Hall–Kier alpha value is -4.02. The number of aryl methyl sites for hydroxylation is 1. The highest BCUT2D eigenvalue weighted by atomic mass is 32.2. The lowest BCUT2D eigenvalue weighted by atomic mass is 10.0. The molecule has 0 aliphatic carbocycles. The third-order valence-electron chi connectivity index (χ3n) is 6.05. The predicted octanol–water partition coefficient (Wildman–Crippen LogP) is 3.89. The molecule has 1 aromatic heterocycles. The van der Waals surface area contributed by atoms with Crippen LogP contribution in [0.1, 0.15) is 38.4 Å². The average Bonchev–Trinajstić information content (AvgIpc) is 3.32. The third kappa shape index (κ3) is 5.87. The largest absolute Gasteiger partial charge is 0.403 e. The fraction of sp³-hybridized carbons (Fsp3) is 0.185. The minimum atomic E-state index is -0.237. The van der Waals surface area contributed by atoms with E-state index in [4.69, 9.17) is 11.6 Å². The molecule has 0 unspecified atom stereocenters. The minimum absolute atomic E-state index is 0.222. The first-order chi connectivity index (χ1) is 17.8. The van der Waals surface area contributed by atoms with Crippen molar-refractivity contribution >= 4 is 40.9 Å². The normalized spacial score (nSPS) is 13.7. The lowest BCUT2D eigenvalue weighted by molar-refractivity contribution is -0.110. The molecule has 8 nitrogen and oxygen atoms in total. The van der Waals surface area contributed by atoms with E-state index in [0.717, 1.165) is 16.0 Å². The summed E-state index contributed by atoms with van der Waals surface area (Å²) in [5, 5.41) is 7.13. The van der Waals surface area contributed by atoms with Crippen LogP contribution in [-0.4, -0.2) is 34.9 Å². The molecule has 0 bridgehead atoms. The Labute approximate surface area is 219 Å². The highest BCUT2D eigenvalue weighted by Gasteiger charge is 2.26. The molecule has 37 heavy (non-hydrogen) atoms. The number of nitrogens with two attached hydrogens (primary N) is 2. The van der Waals surface area contributed by atoms with Crippen molar-refractivity contribution in [1.29, 1.82) is 0 Å². The number of hydrogen-bond donors (Lipinski definition) is 5. The van der Waals surface area contributed by atoms with Crippen LogP contribution < -0.4 is 22.2 Å². The third-order valence-corrected chi connectivity index (χ3v) is 7.09. The molecule has 0 atom stereocenters. The molecule has 0 spiro atoms. The number of aromatic amines is 1. The Morgan fingerprint density at radius 3 is 2.76 bits per heavy atom. The van der Waals surface area contributed by atoms with Gasteiger partial charge in [0, 0.05) is 52.2 Å². The number of hydrogen-bond acceptors (Lipinski definition) is 6. The van der Waals surface area contributed by atoms with Gasteiger partial charge in [0.2, 0.25) is 0 Å². The highest BCUT2D eigenvalue weighted by molar-refractivity contribution is 7.98. The van der Waals surface area contributed by atoms with Gasteiger partial charge in [-0.25, -0.2) is 10.2 Å². The number of carbonyl (C=O) groups is 2. The summed E-state index contributed by atoms with van der Waals surface area (Å²) in [7, 11) is 0. The van der Waals surface area contributed by atoms with Crippen molar-refractivity contribution in [3.8, 4) is 0 Å². The standard InChI is InChI=1S/C27H29FN6O2S/c1-16-24(32-17(2)25(16)27(36)31-10-12-34(30)11-9-29)14-21-20-13-19(7-8-23(20)33-26(21)35)37-15-18-5-3-4-6-22(18)28/h3-9,11,13-14,32H,10,12,15,29-30H2,1-2H3,(H,31,36)(H,33,35)/b11-9-,21-14-. The number of aromatic nitrogens is 1. The first kappa shape index (κ1) is 26.1. The van der Waals surface area contributed by atoms with Crippen molar-refractivity contribution in [1.82, 2.24) is 15.3 Å². The molecule has 2 amide bonds. The molecule has 2 aromatic carbocycles. The quantitative estimate of drug-likeness (QED) is 0.126. The van der Waals surface area contributed by atoms with E-state index in [2.05, 4.69) is 15.6 Å². The monoisotopic (exact) mass is 520 g/mol. The Balaban J connectivity index is 1.54. The Bertz CT molecular complexity index is 1400. The van der Waals surface area contributed by atoms with Crippen LogP contribution in [0.25, 0.3) is 11.6 Å². The lowest BCUT2D eigenvalue weighted by Gasteiger charge is -2.13.